The third kappa shape index (κ3) is 4.58. The van der Waals surface area contributed by atoms with Gasteiger partial charge in [-0.05, 0) is 23.8 Å². The third-order valence-corrected chi connectivity index (χ3v) is 6.39. The van der Waals surface area contributed by atoms with Crippen LogP contribution in [0.5, 0.6) is 0 Å². The van der Waals surface area contributed by atoms with Crippen LogP contribution < -0.4 is 10.5 Å². The second-order valence-electron chi connectivity index (χ2n) is 8.55. The van der Waals surface area contributed by atoms with E-state index in [-0.39, 0.29) is 5.69 Å². The predicted molar refractivity (Wildman–Crippen MR) is 140 cm³/mol. The summed E-state index contributed by atoms with van der Waals surface area (Å²) in [5.41, 5.74) is 1.87. The lowest BCUT2D eigenvalue weighted by molar-refractivity contribution is -0.385. The van der Waals surface area contributed by atoms with Gasteiger partial charge < -0.3 is 4.90 Å². The molecule has 5 rings (SSSR count). The molecule has 3 aromatic carbocycles. The highest BCUT2D eigenvalue weighted by Crippen LogP contribution is 2.35. The smallest absolute Gasteiger partial charge is 0.358 e. The molecule has 35 heavy (non-hydrogen) atoms. The van der Waals surface area contributed by atoms with Gasteiger partial charge >= 0.3 is 11.2 Å². The molecule has 0 amide bonds. The molecule has 0 unspecified atom stereocenters. The number of hydrogen-bond donors (Lipinski definition) is 0. The Morgan fingerprint density at radius 3 is 2.14 bits per heavy atom. The Kier molecular flexibility index (Phi) is 6.41. The van der Waals surface area contributed by atoms with Crippen molar-refractivity contribution >= 4 is 28.4 Å². The summed E-state index contributed by atoms with van der Waals surface area (Å²) in [5, 5.41) is 12.9. The van der Waals surface area contributed by atoms with Gasteiger partial charge in [0.05, 0.1) is 10.4 Å². The molecule has 0 aliphatic carbocycles. The van der Waals surface area contributed by atoms with Gasteiger partial charge in [0, 0.05) is 43.8 Å². The Morgan fingerprint density at radius 1 is 0.829 bits per heavy atom. The van der Waals surface area contributed by atoms with Gasteiger partial charge in [-0.15, -0.1) is 0 Å². The first-order chi connectivity index (χ1) is 17.1. The van der Waals surface area contributed by atoms with E-state index in [1.807, 2.05) is 65.6 Å². The van der Waals surface area contributed by atoms with Crippen LogP contribution in [0.15, 0.2) is 95.8 Å². The Labute approximate surface area is 203 Å². The van der Waals surface area contributed by atoms with Crippen LogP contribution in [0, 0.1) is 10.1 Å². The molecule has 0 spiro atoms. The van der Waals surface area contributed by atoms with Crippen molar-refractivity contribution in [1.82, 2.24) is 9.47 Å². The number of fused-ring (bicyclic) bond motifs is 1. The molecule has 1 aromatic heterocycles. The Balaban J connectivity index is 1.46. The van der Waals surface area contributed by atoms with Gasteiger partial charge in [0.15, 0.2) is 0 Å². The largest absolute Gasteiger partial charge is 0.363 e. The minimum absolute atomic E-state index is 0.370. The number of hydrogen-bond acceptors (Lipinski definition) is 5. The van der Waals surface area contributed by atoms with Crippen LogP contribution in [0.1, 0.15) is 5.56 Å². The summed E-state index contributed by atoms with van der Waals surface area (Å²) in [7, 11) is 0. The first kappa shape index (κ1) is 22.6. The van der Waals surface area contributed by atoms with Crippen molar-refractivity contribution in [2.45, 2.75) is 0 Å². The summed E-state index contributed by atoms with van der Waals surface area (Å²) >= 11 is 0. The van der Waals surface area contributed by atoms with Crippen LogP contribution in [0.3, 0.4) is 0 Å². The lowest BCUT2D eigenvalue weighted by Gasteiger charge is -2.35. The van der Waals surface area contributed by atoms with Gasteiger partial charge in [-0.25, -0.2) is 0 Å². The summed E-state index contributed by atoms with van der Waals surface area (Å²) in [6.45, 7) is 3.54. The minimum atomic E-state index is -0.608. The topological polar surface area (TPSA) is 71.6 Å². The van der Waals surface area contributed by atoms with E-state index in [0.29, 0.717) is 35.4 Å². The molecule has 1 aliphatic rings. The molecule has 0 saturated carbocycles. The van der Waals surface area contributed by atoms with E-state index in [1.165, 1.54) is 4.57 Å². The number of piperazine rings is 1. The van der Waals surface area contributed by atoms with Crippen molar-refractivity contribution in [2.75, 3.05) is 37.6 Å². The quantitative estimate of drug-likeness (QED) is 0.303. The number of anilines is 1. The molecule has 4 aromatic rings. The summed E-state index contributed by atoms with van der Waals surface area (Å²) in [6, 6.07) is 26.7. The van der Waals surface area contributed by atoms with Crippen molar-refractivity contribution in [3.05, 3.63) is 117 Å². The minimum Gasteiger partial charge on any atom is -0.363 e. The zero-order valence-corrected chi connectivity index (χ0v) is 19.3. The summed E-state index contributed by atoms with van der Waals surface area (Å²) in [6.07, 6.45) is 4.25. The third-order valence-electron chi connectivity index (χ3n) is 6.39. The fourth-order valence-electron chi connectivity index (χ4n) is 4.69. The molecule has 0 atom stereocenters. The van der Waals surface area contributed by atoms with Crippen LogP contribution in [0.4, 0.5) is 11.4 Å². The zero-order chi connectivity index (χ0) is 24.2. The molecular formula is C28H26N4O3. The number of benzene rings is 3. The lowest BCUT2D eigenvalue weighted by atomic mass is 10.1. The van der Waals surface area contributed by atoms with E-state index in [1.54, 1.807) is 12.1 Å². The predicted octanol–water partition coefficient (Wildman–Crippen LogP) is 4.73. The van der Waals surface area contributed by atoms with Crippen LogP contribution in [-0.4, -0.2) is 47.1 Å². The van der Waals surface area contributed by atoms with Crippen molar-refractivity contribution in [2.24, 2.45) is 0 Å². The summed E-state index contributed by atoms with van der Waals surface area (Å²) < 4.78 is 1.45. The fraction of sp³-hybridized carbons (Fsp3) is 0.179. The van der Waals surface area contributed by atoms with E-state index < -0.39 is 10.5 Å². The molecule has 7 heteroatoms. The number of rotatable bonds is 6. The van der Waals surface area contributed by atoms with Crippen molar-refractivity contribution in [3.8, 4) is 5.69 Å². The van der Waals surface area contributed by atoms with E-state index in [0.717, 1.165) is 25.2 Å². The van der Waals surface area contributed by atoms with E-state index in [2.05, 4.69) is 29.2 Å². The number of nitro groups is 1. The highest BCUT2D eigenvalue weighted by molar-refractivity contribution is 5.97. The molecule has 176 valence electrons. The maximum Gasteiger partial charge on any atom is 0.358 e. The zero-order valence-electron chi connectivity index (χ0n) is 19.3. The standard InChI is InChI=1S/C28H26N4O3/c33-28-27(32(34)35)26(24-15-7-8-16-25(24)31(28)23-13-5-2-6-14-23)30-20-18-29(19-21-30)17-9-12-22-10-3-1-4-11-22/h1-16H,17-21H2. The van der Waals surface area contributed by atoms with Gasteiger partial charge in [0.1, 0.15) is 5.69 Å². The number of para-hydroxylation sites is 2. The second-order valence-corrected chi connectivity index (χ2v) is 8.55. The Bertz CT molecular complexity index is 1420. The number of aromatic nitrogens is 1. The summed E-state index contributed by atoms with van der Waals surface area (Å²) in [5.74, 6) is 0. The SMILES string of the molecule is O=c1c([N+](=O)[O-])c(N2CCN(CC=Cc3ccccc3)CC2)c2ccccc2n1-c1ccccc1. The molecule has 0 N–H and O–H groups in total. The molecule has 2 heterocycles. The second kappa shape index (κ2) is 9.95. The van der Waals surface area contributed by atoms with Crippen LogP contribution in [-0.2, 0) is 0 Å². The summed E-state index contributed by atoms with van der Waals surface area (Å²) in [4.78, 5) is 29.5. The van der Waals surface area contributed by atoms with Crippen molar-refractivity contribution in [1.29, 1.82) is 0 Å². The fourth-order valence-corrected chi connectivity index (χ4v) is 4.69. The first-order valence-corrected chi connectivity index (χ1v) is 11.7. The normalized spacial score (nSPS) is 14.6. The van der Waals surface area contributed by atoms with Gasteiger partial charge in [-0.3, -0.25) is 24.4 Å². The average molecular weight is 467 g/mol. The lowest BCUT2D eigenvalue weighted by Crippen LogP contribution is -2.47. The number of nitrogens with zero attached hydrogens (tertiary/aromatic N) is 4. The molecule has 1 saturated heterocycles. The number of pyridine rings is 1. The van der Waals surface area contributed by atoms with Crippen LogP contribution >= 0.6 is 0 Å². The highest BCUT2D eigenvalue weighted by atomic mass is 16.6. The van der Waals surface area contributed by atoms with E-state index in [4.69, 9.17) is 0 Å². The van der Waals surface area contributed by atoms with Crippen LogP contribution in [0.2, 0.25) is 0 Å². The Morgan fingerprint density at radius 2 is 1.46 bits per heavy atom. The molecule has 1 aliphatic heterocycles. The maximum absolute atomic E-state index is 13.5. The maximum atomic E-state index is 13.5. The molecule has 0 radical (unpaired) electrons. The molecule has 7 nitrogen and oxygen atoms in total. The molecule has 1 fully saturated rings. The van der Waals surface area contributed by atoms with Crippen LogP contribution in [0.25, 0.3) is 22.7 Å². The van der Waals surface area contributed by atoms with Gasteiger partial charge in [-0.1, -0.05) is 78.9 Å². The molecule has 0 bridgehead atoms. The monoisotopic (exact) mass is 466 g/mol. The average Bonchev–Trinajstić information content (AvgIpc) is 2.89. The van der Waals surface area contributed by atoms with Gasteiger partial charge in [0.25, 0.3) is 0 Å². The molecular weight excluding hydrogens is 440 g/mol. The highest BCUT2D eigenvalue weighted by Gasteiger charge is 2.31. The van der Waals surface area contributed by atoms with Crippen molar-refractivity contribution < 1.29 is 4.92 Å². The Hall–Kier alpha value is -4.23. The van der Waals surface area contributed by atoms with E-state index in [9.17, 15) is 14.9 Å². The van der Waals surface area contributed by atoms with Gasteiger partial charge in [0.2, 0.25) is 0 Å². The van der Waals surface area contributed by atoms with E-state index >= 15 is 0 Å². The van der Waals surface area contributed by atoms with Gasteiger partial charge in [-0.2, -0.15) is 0 Å². The first-order valence-electron chi connectivity index (χ1n) is 11.7. The van der Waals surface area contributed by atoms with Crippen molar-refractivity contribution in [3.63, 3.8) is 0 Å².